The molecule has 0 spiro atoms. The minimum Gasteiger partial charge on any atom is -0.336 e. The number of hydrogen-bond acceptors (Lipinski definition) is 4. The van der Waals surface area contributed by atoms with E-state index < -0.39 is 0 Å². The van der Waals surface area contributed by atoms with E-state index in [1.807, 2.05) is 31.7 Å². The molecule has 2 aromatic carbocycles. The molecule has 8 heteroatoms. The summed E-state index contributed by atoms with van der Waals surface area (Å²) in [5.41, 5.74) is 5.41. The number of benzene rings is 2. The number of amides is 1. The quantitative estimate of drug-likeness (QED) is 0.437. The molecule has 6 nitrogen and oxygen atoms in total. The Bertz CT molecular complexity index is 1330. The standard InChI is InChI=1S/C27H27F2N5O/c1-17-16-18(2)34-26(30-17)24(19(3)31-34)27(35)33-14-12-32(13-15-33)25(20-4-8-22(28)9-5-20)21-6-10-23(29)11-7-21/h4-11,16,25H,12-15H2,1-3H3. The van der Waals surface area contributed by atoms with Gasteiger partial charge in [-0.25, -0.2) is 18.3 Å². The van der Waals surface area contributed by atoms with Gasteiger partial charge in [-0.05, 0) is 62.2 Å². The molecule has 0 bridgehead atoms. The minimum atomic E-state index is -0.301. The number of piperazine rings is 1. The lowest BCUT2D eigenvalue weighted by molar-refractivity contribution is 0.0598. The van der Waals surface area contributed by atoms with Crippen LogP contribution in [-0.2, 0) is 0 Å². The predicted molar refractivity (Wildman–Crippen MR) is 129 cm³/mol. The van der Waals surface area contributed by atoms with Crippen molar-refractivity contribution in [2.45, 2.75) is 26.8 Å². The second-order valence-electron chi connectivity index (χ2n) is 9.07. The van der Waals surface area contributed by atoms with Crippen LogP contribution in [0.3, 0.4) is 0 Å². The number of carbonyl (C=O) groups excluding carboxylic acids is 1. The zero-order valence-corrected chi connectivity index (χ0v) is 20.0. The van der Waals surface area contributed by atoms with E-state index in [-0.39, 0.29) is 23.6 Å². The van der Waals surface area contributed by atoms with Gasteiger partial charge in [-0.3, -0.25) is 9.69 Å². The molecular formula is C27H27F2N5O. The molecule has 35 heavy (non-hydrogen) atoms. The number of nitrogens with zero attached hydrogens (tertiary/aromatic N) is 5. The Morgan fingerprint density at radius 3 is 1.94 bits per heavy atom. The third-order valence-corrected chi connectivity index (χ3v) is 6.62. The van der Waals surface area contributed by atoms with Crippen LogP contribution in [0.4, 0.5) is 8.78 Å². The maximum absolute atomic E-state index is 13.6. The summed E-state index contributed by atoms with van der Waals surface area (Å²) in [6.07, 6.45) is 0. The number of aromatic nitrogens is 3. The second-order valence-corrected chi connectivity index (χ2v) is 9.07. The molecule has 2 aromatic heterocycles. The van der Waals surface area contributed by atoms with Crippen LogP contribution in [0.1, 0.15) is 44.6 Å². The first-order valence-electron chi connectivity index (χ1n) is 11.7. The van der Waals surface area contributed by atoms with E-state index >= 15 is 0 Å². The zero-order valence-electron chi connectivity index (χ0n) is 20.0. The SMILES string of the molecule is Cc1cc(C)n2nc(C)c(C(=O)N3CCN(C(c4ccc(F)cc4)c4ccc(F)cc4)CC3)c2n1. The molecule has 0 N–H and O–H groups in total. The van der Waals surface area contributed by atoms with E-state index in [0.29, 0.717) is 43.1 Å². The molecule has 1 fully saturated rings. The minimum absolute atomic E-state index is 0.0743. The molecule has 3 heterocycles. The molecule has 4 aromatic rings. The van der Waals surface area contributed by atoms with E-state index in [2.05, 4.69) is 15.0 Å². The van der Waals surface area contributed by atoms with Gasteiger partial charge >= 0.3 is 0 Å². The van der Waals surface area contributed by atoms with Crippen molar-refractivity contribution in [3.63, 3.8) is 0 Å². The highest BCUT2D eigenvalue weighted by Gasteiger charge is 2.31. The lowest BCUT2D eigenvalue weighted by Crippen LogP contribution is -2.50. The summed E-state index contributed by atoms with van der Waals surface area (Å²) in [4.78, 5) is 22.2. The fourth-order valence-electron chi connectivity index (χ4n) is 4.92. The average molecular weight is 476 g/mol. The maximum atomic E-state index is 13.6. The number of carbonyl (C=O) groups is 1. The van der Waals surface area contributed by atoms with Crippen LogP contribution in [-0.4, -0.2) is 56.5 Å². The zero-order chi connectivity index (χ0) is 24.7. The molecule has 1 saturated heterocycles. The number of halogens is 2. The molecule has 0 unspecified atom stereocenters. The monoisotopic (exact) mass is 475 g/mol. The number of rotatable bonds is 4. The van der Waals surface area contributed by atoms with Crippen molar-refractivity contribution in [3.8, 4) is 0 Å². The average Bonchev–Trinajstić information content (AvgIpc) is 3.17. The van der Waals surface area contributed by atoms with E-state index in [0.717, 1.165) is 22.5 Å². The molecule has 0 radical (unpaired) electrons. The largest absolute Gasteiger partial charge is 0.336 e. The Hall–Kier alpha value is -3.65. The summed E-state index contributed by atoms with van der Waals surface area (Å²) in [7, 11) is 0. The molecule has 5 rings (SSSR count). The van der Waals surface area contributed by atoms with E-state index in [1.165, 1.54) is 24.3 Å². The topological polar surface area (TPSA) is 53.7 Å². The van der Waals surface area contributed by atoms with Crippen molar-refractivity contribution in [1.29, 1.82) is 0 Å². The van der Waals surface area contributed by atoms with Crippen LogP contribution in [0.2, 0.25) is 0 Å². The van der Waals surface area contributed by atoms with Crippen molar-refractivity contribution in [2.75, 3.05) is 26.2 Å². The van der Waals surface area contributed by atoms with Gasteiger partial charge in [0.15, 0.2) is 5.65 Å². The molecule has 1 aliphatic rings. The van der Waals surface area contributed by atoms with Crippen molar-refractivity contribution >= 4 is 11.6 Å². The first kappa shape index (κ1) is 23.1. The summed E-state index contributed by atoms with van der Waals surface area (Å²) in [6, 6.07) is 14.6. The van der Waals surface area contributed by atoms with Gasteiger partial charge in [0.2, 0.25) is 0 Å². The summed E-state index contributed by atoms with van der Waals surface area (Å²) in [5.74, 6) is -0.676. The van der Waals surface area contributed by atoms with Crippen LogP contribution in [0.25, 0.3) is 5.65 Å². The maximum Gasteiger partial charge on any atom is 0.259 e. The predicted octanol–water partition coefficient (Wildman–Crippen LogP) is 4.48. The van der Waals surface area contributed by atoms with Crippen LogP contribution >= 0.6 is 0 Å². The van der Waals surface area contributed by atoms with Crippen molar-refractivity contribution in [3.05, 3.63) is 100 Å². The van der Waals surface area contributed by atoms with Gasteiger partial charge in [0.25, 0.3) is 5.91 Å². The Kier molecular flexibility index (Phi) is 6.06. The fourth-order valence-corrected chi connectivity index (χ4v) is 4.92. The van der Waals surface area contributed by atoms with Gasteiger partial charge < -0.3 is 4.90 Å². The van der Waals surface area contributed by atoms with Crippen LogP contribution in [0.15, 0.2) is 54.6 Å². The van der Waals surface area contributed by atoms with Crippen LogP contribution in [0.5, 0.6) is 0 Å². The molecule has 180 valence electrons. The third kappa shape index (κ3) is 4.41. The normalized spacial score (nSPS) is 14.7. The van der Waals surface area contributed by atoms with Gasteiger partial charge in [0.05, 0.1) is 11.7 Å². The molecule has 0 aliphatic carbocycles. The van der Waals surface area contributed by atoms with Crippen LogP contribution < -0.4 is 0 Å². The Balaban J connectivity index is 1.40. The number of hydrogen-bond donors (Lipinski definition) is 0. The summed E-state index contributed by atoms with van der Waals surface area (Å²) in [6.45, 7) is 7.99. The van der Waals surface area contributed by atoms with Crippen molar-refractivity contribution < 1.29 is 13.6 Å². The molecular weight excluding hydrogens is 448 g/mol. The van der Waals surface area contributed by atoms with E-state index in [4.69, 9.17) is 0 Å². The lowest BCUT2D eigenvalue weighted by atomic mass is 9.96. The Morgan fingerprint density at radius 1 is 0.857 bits per heavy atom. The van der Waals surface area contributed by atoms with Gasteiger partial charge in [-0.15, -0.1) is 0 Å². The number of aryl methyl sites for hydroxylation is 3. The smallest absolute Gasteiger partial charge is 0.259 e. The Labute approximate surface area is 202 Å². The van der Waals surface area contributed by atoms with Gasteiger partial charge in [-0.2, -0.15) is 5.10 Å². The molecule has 0 saturated carbocycles. The van der Waals surface area contributed by atoms with E-state index in [1.54, 1.807) is 28.8 Å². The van der Waals surface area contributed by atoms with Crippen molar-refractivity contribution in [1.82, 2.24) is 24.4 Å². The van der Waals surface area contributed by atoms with Crippen molar-refractivity contribution in [2.24, 2.45) is 0 Å². The summed E-state index contributed by atoms with van der Waals surface area (Å²) >= 11 is 0. The summed E-state index contributed by atoms with van der Waals surface area (Å²) < 4.78 is 28.9. The summed E-state index contributed by atoms with van der Waals surface area (Å²) in [5, 5.41) is 4.54. The lowest BCUT2D eigenvalue weighted by Gasteiger charge is -2.39. The van der Waals surface area contributed by atoms with Gasteiger partial charge in [0.1, 0.15) is 17.2 Å². The molecule has 0 atom stereocenters. The highest BCUT2D eigenvalue weighted by atomic mass is 19.1. The van der Waals surface area contributed by atoms with Gasteiger partial charge in [-0.1, -0.05) is 24.3 Å². The molecule has 1 amide bonds. The first-order chi connectivity index (χ1) is 16.8. The Morgan fingerprint density at radius 2 is 1.40 bits per heavy atom. The second kappa shape index (κ2) is 9.19. The van der Waals surface area contributed by atoms with Crippen LogP contribution in [0, 0.1) is 32.4 Å². The fraction of sp³-hybridized carbons (Fsp3) is 0.296. The first-order valence-corrected chi connectivity index (χ1v) is 11.7. The van der Waals surface area contributed by atoms with E-state index in [9.17, 15) is 13.6 Å². The highest BCUT2D eigenvalue weighted by Crippen LogP contribution is 2.30. The van der Waals surface area contributed by atoms with Gasteiger partial charge in [0, 0.05) is 37.6 Å². The third-order valence-electron chi connectivity index (χ3n) is 6.62. The molecule has 1 aliphatic heterocycles. The number of fused-ring (bicyclic) bond motifs is 1. The highest BCUT2D eigenvalue weighted by molar-refractivity contribution is 6.01.